The predicted molar refractivity (Wildman–Crippen MR) is 86.6 cm³/mol. The maximum absolute atomic E-state index is 8.55. The summed E-state index contributed by atoms with van der Waals surface area (Å²) in [6, 6.07) is 20.9. The maximum Gasteiger partial charge on any atom is 0.0684 e. The Morgan fingerprint density at radius 1 is 0.955 bits per heavy atom. The summed E-state index contributed by atoms with van der Waals surface area (Å²) in [4.78, 5) is 2.89. The molecule has 2 aromatic rings. The lowest BCUT2D eigenvalue weighted by atomic mass is 9.83. The molecule has 1 fully saturated rings. The highest BCUT2D eigenvalue weighted by molar-refractivity contribution is 5.34. The van der Waals surface area contributed by atoms with Crippen LogP contribution in [0.5, 0.6) is 0 Å². The largest absolute Gasteiger partial charge is 0.377 e. The molecule has 0 bridgehead atoms. The van der Waals surface area contributed by atoms with E-state index in [1.165, 1.54) is 11.1 Å². The number of hydrogen-bond donors (Lipinski definition) is 0. The van der Waals surface area contributed by atoms with Crippen LogP contribution in [0.3, 0.4) is 0 Å². The van der Waals surface area contributed by atoms with Crippen LogP contribution in [0.1, 0.15) is 29.9 Å². The van der Waals surface area contributed by atoms with E-state index in [-0.39, 0.29) is 18.1 Å². The molecule has 1 heterocycles. The normalized spacial score (nSPS) is 21.3. The summed E-state index contributed by atoms with van der Waals surface area (Å²) in [7, 11) is 0. The fourth-order valence-electron chi connectivity index (χ4n) is 3.13. The van der Waals surface area contributed by atoms with Crippen LogP contribution in [0.4, 0.5) is 0 Å². The van der Waals surface area contributed by atoms with Gasteiger partial charge in [-0.3, -0.25) is 0 Å². The van der Waals surface area contributed by atoms with Crippen molar-refractivity contribution in [3.05, 3.63) is 82.2 Å². The molecule has 3 rings (SSSR count). The van der Waals surface area contributed by atoms with Crippen molar-refractivity contribution >= 4 is 0 Å². The van der Waals surface area contributed by atoms with Gasteiger partial charge in [0, 0.05) is 10.8 Å². The van der Waals surface area contributed by atoms with E-state index >= 15 is 0 Å². The molecular weight excluding hydrogens is 274 g/mol. The second kappa shape index (κ2) is 7.12. The van der Waals surface area contributed by atoms with Crippen LogP contribution in [0.15, 0.2) is 65.8 Å². The molecule has 2 atom stereocenters. The zero-order valence-electron chi connectivity index (χ0n) is 12.4. The Hall–Kier alpha value is -2.29. The highest BCUT2D eigenvalue weighted by atomic mass is 16.5. The van der Waals surface area contributed by atoms with Gasteiger partial charge in [0.1, 0.15) is 0 Å². The van der Waals surface area contributed by atoms with Gasteiger partial charge in [-0.1, -0.05) is 65.8 Å². The first-order valence-electron chi connectivity index (χ1n) is 7.64. The lowest BCUT2D eigenvalue weighted by Gasteiger charge is -2.33. The van der Waals surface area contributed by atoms with E-state index in [1.807, 2.05) is 12.1 Å². The summed E-state index contributed by atoms with van der Waals surface area (Å²) in [5.74, 6) is 0.217. The minimum Gasteiger partial charge on any atom is -0.377 e. The van der Waals surface area contributed by atoms with Crippen LogP contribution >= 0.6 is 0 Å². The van der Waals surface area contributed by atoms with Crippen molar-refractivity contribution in [2.45, 2.75) is 30.9 Å². The third-order valence-corrected chi connectivity index (χ3v) is 4.19. The van der Waals surface area contributed by atoms with E-state index < -0.39 is 0 Å². The van der Waals surface area contributed by atoms with Crippen molar-refractivity contribution in [3.8, 4) is 0 Å². The van der Waals surface area contributed by atoms with Crippen molar-refractivity contribution < 1.29 is 4.74 Å². The van der Waals surface area contributed by atoms with Crippen LogP contribution in [0.2, 0.25) is 0 Å². The number of rotatable bonds is 4. The summed E-state index contributed by atoms with van der Waals surface area (Å²) in [6.07, 6.45) is 1.90. The maximum atomic E-state index is 8.55. The van der Waals surface area contributed by atoms with Crippen LogP contribution < -0.4 is 0 Å². The molecule has 0 N–H and O–H groups in total. The third-order valence-electron chi connectivity index (χ3n) is 4.19. The van der Waals surface area contributed by atoms with Gasteiger partial charge >= 0.3 is 0 Å². The molecule has 0 radical (unpaired) electrons. The fraction of sp³-hybridized carbons (Fsp3) is 0.333. The van der Waals surface area contributed by atoms with Gasteiger partial charge in [0.25, 0.3) is 0 Å². The predicted octanol–water partition coefficient (Wildman–Crippen LogP) is 4.68. The first-order valence-corrected chi connectivity index (χ1v) is 7.64. The van der Waals surface area contributed by atoms with Gasteiger partial charge in [0.05, 0.1) is 18.8 Å². The molecule has 1 aliphatic rings. The fourth-order valence-corrected chi connectivity index (χ4v) is 3.13. The van der Waals surface area contributed by atoms with Crippen LogP contribution in [0.25, 0.3) is 10.4 Å². The van der Waals surface area contributed by atoms with E-state index in [9.17, 15) is 0 Å². The van der Waals surface area contributed by atoms with Crippen molar-refractivity contribution in [2.75, 3.05) is 6.61 Å². The molecule has 4 nitrogen and oxygen atoms in total. The van der Waals surface area contributed by atoms with E-state index in [0.717, 1.165) is 12.8 Å². The summed E-state index contributed by atoms with van der Waals surface area (Å²) in [5.41, 5.74) is 11.1. The Labute approximate surface area is 130 Å². The number of ether oxygens (including phenoxy) is 1. The monoisotopic (exact) mass is 293 g/mol. The first kappa shape index (κ1) is 14.6. The molecule has 2 aromatic carbocycles. The highest BCUT2D eigenvalue weighted by Crippen LogP contribution is 2.34. The zero-order valence-corrected chi connectivity index (χ0v) is 12.4. The molecular formula is C18H19N3O. The molecule has 1 aliphatic heterocycles. The van der Waals surface area contributed by atoms with E-state index in [1.54, 1.807) is 0 Å². The molecule has 0 saturated carbocycles. The minimum atomic E-state index is -0.0338. The van der Waals surface area contributed by atoms with Crippen LogP contribution in [-0.4, -0.2) is 18.8 Å². The summed E-state index contributed by atoms with van der Waals surface area (Å²) >= 11 is 0. The lowest BCUT2D eigenvalue weighted by Crippen LogP contribution is -2.33. The Kier molecular flexibility index (Phi) is 4.74. The second-order valence-electron chi connectivity index (χ2n) is 5.61. The third kappa shape index (κ3) is 3.30. The molecule has 1 saturated heterocycles. The Balaban J connectivity index is 1.86. The van der Waals surface area contributed by atoms with Crippen molar-refractivity contribution in [1.29, 1.82) is 0 Å². The smallest absolute Gasteiger partial charge is 0.0684 e. The summed E-state index contributed by atoms with van der Waals surface area (Å²) < 4.78 is 6.05. The molecule has 4 heteroatoms. The number of nitrogens with zero attached hydrogens (tertiary/aromatic N) is 3. The summed E-state index contributed by atoms with van der Waals surface area (Å²) in [5, 5.41) is 3.78. The van der Waals surface area contributed by atoms with Gasteiger partial charge in [-0.15, -0.1) is 0 Å². The molecule has 0 aliphatic carbocycles. The molecule has 0 aromatic heterocycles. The SMILES string of the molecule is [N-]=[N+]=NC1CCC(C(c2ccccc2)c2ccccc2)OC1. The quantitative estimate of drug-likeness (QED) is 0.459. The first-order chi connectivity index (χ1) is 10.9. The Morgan fingerprint density at radius 2 is 1.55 bits per heavy atom. The van der Waals surface area contributed by atoms with Gasteiger partial charge in [-0.05, 0) is 29.5 Å². The average molecular weight is 293 g/mol. The van der Waals surface area contributed by atoms with E-state index in [4.69, 9.17) is 10.3 Å². The molecule has 112 valence electrons. The Morgan fingerprint density at radius 3 is 2.00 bits per heavy atom. The van der Waals surface area contributed by atoms with Gasteiger partial charge < -0.3 is 4.74 Å². The number of hydrogen-bond acceptors (Lipinski definition) is 2. The van der Waals surface area contributed by atoms with Crippen molar-refractivity contribution in [1.82, 2.24) is 0 Å². The summed E-state index contributed by atoms with van der Waals surface area (Å²) in [6.45, 7) is 0.505. The van der Waals surface area contributed by atoms with Gasteiger partial charge in [0.15, 0.2) is 0 Å². The van der Waals surface area contributed by atoms with Gasteiger partial charge in [0.2, 0.25) is 0 Å². The average Bonchev–Trinajstić information content (AvgIpc) is 2.59. The van der Waals surface area contributed by atoms with E-state index in [2.05, 4.69) is 58.6 Å². The second-order valence-corrected chi connectivity index (χ2v) is 5.61. The topological polar surface area (TPSA) is 58.0 Å². The van der Waals surface area contributed by atoms with Gasteiger partial charge in [-0.25, -0.2) is 0 Å². The van der Waals surface area contributed by atoms with Crippen molar-refractivity contribution in [2.24, 2.45) is 5.11 Å². The van der Waals surface area contributed by atoms with Crippen molar-refractivity contribution in [3.63, 3.8) is 0 Å². The van der Waals surface area contributed by atoms with Crippen LogP contribution in [-0.2, 0) is 4.74 Å². The van der Waals surface area contributed by atoms with Gasteiger partial charge in [-0.2, -0.15) is 0 Å². The van der Waals surface area contributed by atoms with E-state index in [0.29, 0.717) is 6.61 Å². The standard InChI is InChI=1S/C18H19N3O/c19-21-20-16-11-12-17(22-13-16)18(14-7-3-1-4-8-14)15-9-5-2-6-10-15/h1-10,16-18H,11-13H2. The minimum absolute atomic E-state index is 0.0338. The highest BCUT2D eigenvalue weighted by Gasteiger charge is 2.30. The number of benzene rings is 2. The molecule has 0 spiro atoms. The molecule has 2 unspecified atom stereocenters. The number of azide groups is 1. The zero-order chi connectivity index (χ0) is 15.2. The van der Waals surface area contributed by atoms with Crippen LogP contribution in [0, 0.1) is 0 Å². The molecule has 0 amide bonds. The lowest BCUT2D eigenvalue weighted by molar-refractivity contribution is -0.00362. The Bertz CT molecular complexity index is 590. The molecule has 22 heavy (non-hydrogen) atoms.